The van der Waals surface area contributed by atoms with E-state index < -0.39 is 5.97 Å². The molecule has 0 fully saturated rings. The minimum atomic E-state index is -0.817. The van der Waals surface area contributed by atoms with E-state index in [4.69, 9.17) is 9.84 Å². The highest BCUT2D eigenvalue weighted by Gasteiger charge is 2.09. The number of para-hydroxylation sites is 1. The Hall–Kier alpha value is -2.04. The number of carboxylic acid groups (broad SMARTS) is 1. The Morgan fingerprint density at radius 3 is 2.52 bits per heavy atom. The van der Waals surface area contributed by atoms with E-state index in [2.05, 4.69) is 0 Å². The summed E-state index contributed by atoms with van der Waals surface area (Å²) in [6.45, 7) is 2.95. The van der Waals surface area contributed by atoms with Crippen molar-refractivity contribution >= 4 is 11.9 Å². The van der Waals surface area contributed by atoms with Crippen molar-refractivity contribution in [2.45, 2.75) is 32.6 Å². The molecule has 1 amide bonds. The Bertz CT molecular complexity index is 473. The molecular weight excluding hydrogens is 270 g/mol. The van der Waals surface area contributed by atoms with Gasteiger partial charge in [-0.1, -0.05) is 18.2 Å². The van der Waals surface area contributed by atoms with Crippen LogP contribution in [-0.2, 0) is 9.59 Å². The number of unbranched alkanes of at least 4 members (excludes halogenated alkanes) is 1. The van der Waals surface area contributed by atoms with Crippen LogP contribution in [0.4, 0.5) is 0 Å². The summed E-state index contributed by atoms with van der Waals surface area (Å²) in [5.74, 6) is 0.0380. The molecule has 0 saturated heterocycles. The van der Waals surface area contributed by atoms with Crippen molar-refractivity contribution in [2.24, 2.45) is 0 Å². The maximum absolute atomic E-state index is 11.8. The Morgan fingerprint density at radius 2 is 1.86 bits per heavy atom. The van der Waals surface area contributed by atoms with E-state index >= 15 is 0 Å². The van der Waals surface area contributed by atoms with Gasteiger partial charge in [0.1, 0.15) is 12.4 Å². The van der Waals surface area contributed by atoms with Crippen LogP contribution in [0.3, 0.4) is 0 Å². The zero-order valence-corrected chi connectivity index (χ0v) is 12.7. The van der Waals surface area contributed by atoms with Gasteiger partial charge in [-0.05, 0) is 31.4 Å². The zero-order valence-electron chi connectivity index (χ0n) is 12.7. The molecule has 21 heavy (non-hydrogen) atoms. The van der Waals surface area contributed by atoms with Crippen molar-refractivity contribution in [3.8, 4) is 5.75 Å². The lowest BCUT2D eigenvalue weighted by Crippen LogP contribution is -2.30. The number of hydrogen-bond acceptors (Lipinski definition) is 3. The third kappa shape index (κ3) is 6.79. The number of nitrogens with zero attached hydrogens (tertiary/aromatic N) is 1. The second kappa shape index (κ2) is 9.00. The van der Waals surface area contributed by atoms with Crippen LogP contribution in [-0.4, -0.2) is 42.1 Å². The molecule has 5 heteroatoms. The van der Waals surface area contributed by atoms with Crippen molar-refractivity contribution in [3.63, 3.8) is 0 Å². The monoisotopic (exact) mass is 293 g/mol. The lowest BCUT2D eigenvalue weighted by atomic mass is 10.2. The van der Waals surface area contributed by atoms with Crippen LogP contribution in [0.15, 0.2) is 24.3 Å². The smallest absolute Gasteiger partial charge is 0.303 e. The van der Waals surface area contributed by atoms with Crippen LogP contribution >= 0.6 is 0 Å². The minimum Gasteiger partial charge on any atom is -0.491 e. The molecule has 0 unspecified atom stereocenters. The summed E-state index contributed by atoms with van der Waals surface area (Å²) < 4.78 is 5.64. The molecule has 0 atom stereocenters. The van der Waals surface area contributed by atoms with Crippen molar-refractivity contribution in [1.29, 1.82) is 0 Å². The zero-order chi connectivity index (χ0) is 15.7. The van der Waals surface area contributed by atoms with Crippen LogP contribution in [0, 0.1) is 6.92 Å². The number of ether oxygens (including phenoxy) is 1. The van der Waals surface area contributed by atoms with Crippen molar-refractivity contribution in [2.75, 3.05) is 20.2 Å². The van der Waals surface area contributed by atoms with Gasteiger partial charge in [0.15, 0.2) is 0 Å². The first-order valence-corrected chi connectivity index (χ1v) is 7.15. The Kier molecular flexibility index (Phi) is 7.29. The summed E-state index contributed by atoms with van der Waals surface area (Å²) in [6.07, 6.45) is 1.64. The van der Waals surface area contributed by atoms with Crippen molar-refractivity contribution < 1.29 is 19.4 Å². The Balaban J connectivity index is 2.21. The molecule has 0 saturated carbocycles. The van der Waals surface area contributed by atoms with E-state index in [0.29, 0.717) is 32.4 Å². The first-order chi connectivity index (χ1) is 10.0. The average Bonchev–Trinajstić information content (AvgIpc) is 2.45. The molecule has 1 N–H and O–H groups in total. The Labute approximate surface area is 125 Å². The number of carboxylic acids is 1. The molecule has 0 aliphatic rings. The molecule has 0 aliphatic carbocycles. The van der Waals surface area contributed by atoms with E-state index in [1.165, 1.54) is 0 Å². The number of likely N-dealkylation sites (N-methyl/N-ethyl adjacent to an activating group) is 1. The van der Waals surface area contributed by atoms with Gasteiger partial charge in [-0.25, -0.2) is 0 Å². The van der Waals surface area contributed by atoms with Gasteiger partial charge >= 0.3 is 5.97 Å². The van der Waals surface area contributed by atoms with Crippen molar-refractivity contribution in [1.82, 2.24) is 4.90 Å². The fraction of sp³-hybridized carbons (Fsp3) is 0.500. The second-order valence-corrected chi connectivity index (χ2v) is 5.03. The maximum atomic E-state index is 11.8. The number of benzene rings is 1. The standard InChI is InChI=1S/C16H23NO4/c1-13-7-3-4-8-14(13)21-12-11-17(2)15(18)9-5-6-10-16(19)20/h3-4,7-8H,5-6,9-12H2,1-2H3,(H,19,20). The minimum absolute atomic E-state index is 0.0220. The van der Waals surface area contributed by atoms with Gasteiger partial charge in [-0.3, -0.25) is 9.59 Å². The molecule has 0 aromatic heterocycles. The van der Waals surface area contributed by atoms with Crippen LogP contribution in [0.2, 0.25) is 0 Å². The number of rotatable bonds is 9. The van der Waals surface area contributed by atoms with Gasteiger partial charge in [0, 0.05) is 19.9 Å². The molecule has 1 rings (SSSR count). The summed E-state index contributed by atoms with van der Waals surface area (Å²) in [6, 6.07) is 7.75. The highest BCUT2D eigenvalue weighted by atomic mass is 16.5. The quantitative estimate of drug-likeness (QED) is 0.710. The van der Waals surface area contributed by atoms with E-state index in [1.54, 1.807) is 11.9 Å². The largest absolute Gasteiger partial charge is 0.491 e. The van der Waals surface area contributed by atoms with Crippen LogP contribution in [0.1, 0.15) is 31.2 Å². The van der Waals surface area contributed by atoms with Gasteiger partial charge < -0.3 is 14.7 Å². The Morgan fingerprint density at radius 1 is 1.19 bits per heavy atom. The highest BCUT2D eigenvalue weighted by molar-refractivity contribution is 5.75. The van der Waals surface area contributed by atoms with E-state index in [0.717, 1.165) is 11.3 Å². The molecule has 0 heterocycles. The molecule has 0 bridgehead atoms. The van der Waals surface area contributed by atoms with Gasteiger partial charge in [-0.15, -0.1) is 0 Å². The topological polar surface area (TPSA) is 66.8 Å². The first-order valence-electron chi connectivity index (χ1n) is 7.15. The predicted molar refractivity (Wildman–Crippen MR) is 80.4 cm³/mol. The number of amides is 1. The van der Waals surface area contributed by atoms with Gasteiger partial charge in [0.2, 0.25) is 5.91 Å². The van der Waals surface area contributed by atoms with Crippen LogP contribution in [0.5, 0.6) is 5.75 Å². The van der Waals surface area contributed by atoms with Crippen LogP contribution in [0.25, 0.3) is 0 Å². The summed E-state index contributed by atoms with van der Waals surface area (Å²) in [5.41, 5.74) is 1.07. The SMILES string of the molecule is Cc1ccccc1OCCN(C)C(=O)CCCCC(=O)O. The van der Waals surface area contributed by atoms with Gasteiger partial charge in [-0.2, -0.15) is 0 Å². The fourth-order valence-electron chi connectivity index (χ4n) is 1.88. The van der Waals surface area contributed by atoms with Crippen molar-refractivity contribution in [3.05, 3.63) is 29.8 Å². The third-order valence-electron chi connectivity index (χ3n) is 3.23. The van der Waals surface area contributed by atoms with E-state index in [-0.39, 0.29) is 12.3 Å². The van der Waals surface area contributed by atoms with Crippen LogP contribution < -0.4 is 4.74 Å². The summed E-state index contributed by atoms with van der Waals surface area (Å²) >= 11 is 0. The summed E-state index contributed by atoms with van der Waals surface area (Å²) in [5, 5.41) is 8.52. The second-order valence-electron chi connectivity index (χ2n) is 5.03. The molecule has 1 aromatic rings. The molecule has 0 radical (unpaired) electrons. The molecule has 1 aromatic carbocycles. The van der Waals surface area contributed by atoms with E-state index in [1.807, 2.05) is 31.2 Å². The lowest BCUT2D eigenvalue weighted by molar-refractivity contribution is -0.137. The number of hydrogen-bond donors (Lipinski definition) is 1. The summed E-state index contributed by atoms with van der Waals surface area (Å²) in [7, 11) is 1.74. The van der Waals surface area contributed by atoms with Gasteiger partial charge in [0.05, 0.1) is 6.54 Å². The predicted octanol–water partition coefficient (Wildman–Crippen LogP) is 2.48. The highest BCUT2D eigenvalue weighted by Crippen LogP contribution is 2.15. The molecule has 0 aliphatic heterocycles. The number of aryl methyl sites for hydroxylation is 1. The maximum Gasteiger partial charge on any atom is 0.303 e. The normalized spacial score (nSPS) is 10.2. The number of carbonyl (C=O) groups is 2. The average molecular weight is 293 g/mol. The molecule has 5 nitrogen and oxygen atoms in total. The molecule has 116 valence electrons. The molecule has 0 spiro atoms. The summed E-state index contributed by atoms with van der Waals surface area (Å²) in [4.78, 5) is 23.8. The number of aliphatic carboxylic acids is 1. The fourth-order valence-corrected chi connectivity index (χ4v) is 1.88. The lowest BCUT2D eigenvalue weighted by Gasteiger charge is -2.18. The third-order valence-corrected chi connectivity index (χ3v) is 3.23. The first kappa shape index (κ1) is 17.0. The molecular formula is C16H23NO4. The number of carbonyl (C=O) groups excluding carboxylic acids is 1. The van der Waals surface area contributed by atoms with E-state index in [9.17, 15) is 9.59 Å². The van der Waals surface area contributed by atoms with Gasteiger partial charge in [0.25, 0.3) is 0 Å².